The lowest BCUT2D eigenvalue weighted by atomic mass is 9.77. The van der Waals surface area contributed by atoms with Crippen molar-refractivity contribution in [3.8, 4) is 0 Å². The van der Waals surface area contributed by atoms with E-state index in [-0.39, 0.29) is 0 Å². The van der Waals surface area contributed by atoms with E-state index in [1.807, 2.05) is 7.11 Å². The van der Waals surface area contributed by atoms with Crippen LogP contribution >= 0.6 is 0 Å². The molecule has 0 bridgehead atoms. The third kappa shape index (κ3) is 1.81. The van der Waals surface area contributed by atoms with Crippen molar-refractivity contribution in [1.82, 2.24) is 0 Å². The highest BCUT2D eigenvalue weighted by molar-refractivity contribution is 5.38. The molecular weight excluding hydrogens is 184 g/mol. The molecule has 1 aliphatic carbocycles. The summed E-state index contributed by atoms with van der Waals surface area (Å²) in [5.41, 5.74) is 3.19. The molecule has 0 aliphatic heterocycles. The summed E-state index contributed by atoms with van der Waals surface area (Å²) >= 11 is 0. The zero-order valence-electron chi connectivity index (χ0n) is 10.1. The van der Waals surface area contributed by atoms with Crippen LogP contribution in [0.3, 0.4) is 0 Å². The Kier molecular flexibility index (Phi) is 2.59. The smallest absolute Gasteiger partial charge is 0.0829 e. The SMILES string of the molecule is COC1CC(C(C)(C)C)c2ccccc21. The molecule has 0 fully saturated rings. The van der Waals surface area contributed by atoms with Crippen molar-refractivity contribution < 1.29 is 4.74 Å². The van der Waals surface area contributed by atoms with E-state index in [1.54, 1.807) is 0 Å². The monoisotopic (exact) mass is 204 g/mol. The van der Waals surface area contributed by atoms with Gasteiger partial charge in [0, 0.05) is 7.11 Å². The lowest BCUT2D eigenvalue weighted by Gasteiger charge is -2.27. The van der Waals surface area contributed by atoms with Crippen molar-refractivity contribution in [3.05, 3.63) is 35.4 Å². The summed E-state index contributed by atoms with van der Waals surface area (Å²) in [7, 11) is 1.81. The molecule has 0 saturated heterocycles. The van der Waals surface area contributed by atoms with E-state index in [4.69, 9.17) is 4.74 Å². The molecule has 15 heavy (non-hydrogen) atoms. The number of ether oxygens (including phenoxy) is 1. The van der Waals surface area contributed by atoms with Crippen molar-refractivity contribution in [2.45, 2.75) is 39.2 Å². The molecule has 2 unspecified atom stereocenters. The van der Waals surface area contributed by atoms with Gasteiger partial charge in [0.05, 0.1) is 6.10 Å². The second-order valence-corrected chi connectivity index (χ2v) is 5.51. The van der Waals surface area contributed by atoms with Crippen LogP contribution in [0.5, 0.6) is 0 Å². The first-order valence-electron chi connectivity index (χ1n) is 5.65. The van der Waals surface area contributed by atoms with E-state index in [2.05, 4.69) is 45.0 Å². The normalized spacial score (nSPS) is 25.3. The Morgan fingerprint density at radius 2 is 1.73 bits per heavy atom. The average Bonchev–Trinajstić information content (AvgIpc) is 2.55. The van der Waals surface area contributed by atoms with Crippen molar-refractivity contribution in [2.24, 2.45) is 5.41 Å². The summed E-state index contributed by atoms with van der Waals surface area (Å²) in [5.74, 6) is 0.624. The highest BCUT2D eigenvalue weighted by Gasteiger charge is 2.37. The number of hydrogen-bond acceptors (Lipinski definition) is 1. The Labute approximate surface area is 92.5 Å². The Bertz CT molecular complexity index is 349. The molecule has 1 aliphatic rings. The second kappa shape index (κ2) is 3.64. The van der Waals surface area contributed by atoms with E-state index in [0.29, 0.717) is 17.4 Å². The fraction of sp³-hybridized carbons (Fsp3) is 0.571. The molecule has 0 amide bonds. The molecule has 0 aromatic heterocycles. The minimum atomic E-state index is 0.297. The topological polar surface area (TPSA) is 9.23 Å². The number of rotatable bonds is 1. The van der Waals surface area contributed by atoms with Gasteiger partial charge in [-0.05, 0) is 28.9 Å². The third-order valence-corrected chi connectivity index (χ3v) is 3.50. The van der Waals surface area contributed by atoms with Gasteiger partial charge in [0.1, 0.15) is 0 Å². The van der Waals surface area contributed by atoms with Gasteiger partial charge in [0.25, 0.3) is 0 Å². The summed E-state index contributed by atoms with van der Waals surface area (Å²) in [4.78, 5) is 0. The Morgan fingerprint density at radius 3 is 2.27 bits per heavy atom. The molecule has 2 rings (SSSR count). The first kappa shape index (κ1) is 10.7. The lowest BCUT2D eigenvalue weighted by molar-refractivity contribution is 0.0906. The zero-order valence-corrected chi connectivity index (χ0v) is 10.1. The van der Waals surface area contributed by atoms with Gasteiger partial charge in [0.2, 0.25) is 0 Å². The molecule has 0 saturated carbocycles. The minimum Gasteiger partial charge on any atom is -0.377 e. The van der Waals surface area contributed by atoms with E-state index >= 15 is 0 Å². The second-order valence-electron chi connectivity index (χ2n) is 5.51. The average molecular weight is 204 g/mol. The van der Waals surface area contributed by atoms with Crippen molar-refractivity contribution in [3.63, 3.8) is 0 Å². The summed E-state index contributed by atoms with van der Waals surface area (Å²) in [6.45, 7) is 6.94. The predicted molar refractivity (Wildman–Crippen MR) is 63.0 cm³/mol. The van der Waals surface area contributed by atoms with Crippen LogP contribution in [0.1, 0.15) is 50.3 Å². The fourth-order valence-electron chi connectivity index (χ4n) is 2.63. The standard InChI is InChI=1S/C14H20O/c1-14(2,3)12-9-13(15-4)11-8-6-5-7-10(11)12/h5-8,12-13H,9H2,1-4H3. The van der Waals surface area contributed by atoms with Crippen LogP contribution in [0.2, 0.25) is 0 Å². The quantitative estimate of drug-likeness (QED) is 0.674. The van der Waals surface area contributed by atoms with E-state index < -0.39 is 0 Å². The number of fused-ring (bicyclic) bond motifs is 1. The van der Waals surface area contributed by atoms with Gasteiger partial charge >= 0.3 is 0 Å². The highest BCUT2D eigenvalue weighted by Crippen LogP contribution is 2.50. The lowest BCUT2D eigenvalue weighted by Crippen LogP contribution is -2.16. The number of hydrogen-bond donors (Lipinski definition) is 0. The molecule has 0 radical (unpaired) electrons. The van der Waals surface area contributed by atoms with Crippen LogP contribution < -0.4 is 0 Å². The fourth-order valence-corrected chi connectivity index (χ4v) is 2.63. The maximum Gasteiger partial charge on any atom is 0.0829 e. The van der Waals surface area contributed by atoms with Gasteiger partial charge in [-0.1, -0.05) is 45.0 Å². The van der Waals surface area contributed by atoms with Gasteiger partial charge in [-0.25, -0.2) is 0 Å². The minimum absolute atomic E-state index is 0.297. The molecule has 1 aromatic rings. The summed E-state index contributed by atoms with van der Waals surface area (Å²) in [5, 5.41) is 0. The Hall–Kier alpha value is -0.820. The van der Waals surface area contributed by atoms with Gasteiger partial charge in [0.15, 0.2) is 0 Å². The molecule has 1 nitrogen and oxygen atoms in total. The Morgan fingerprint density at radius 1 is 1.13 bits per heavy atom. The van der Waals surface area contributed by atoms with Crippen LogP contribution in [0.4, 0.5) is 0 Å². The number of benzene rings is 1. The van der Waals surface area contributed by atoms with Crippen molar-refractivity contribution in [1.29, 1.82) is 0 Å². The molecule has 2 atom stereocenters. The van der Waals surface area contributed by atoms with Crippen LogP contribution in [0, 0.1) is 5.41 Å². The van der Waals surface area contributed by atoms with Gasteiger partial charge in [-0.15, -0.1) is 0 Å². The van der Waals surface area contributed by atoms with Gasteiger partial charge < -0.3 is 4.74 Å². The van der Waals surface area contributed by atoms with Crippen LogP contribution in [0.25, 0.3) is 0 Å². The summed E-state index contributed by atoms with van der Waals surface area (Å²) in [6, 6.07) is 8.70. The molecule has 1 aromatic carbocycles. The molecule has 82 valence electrons. The van der Waals surface area contributed by atoms with Crippen LogP contribution in [0.15, 0.2) is 24.3 Å². The molecular formula is C14H20O. The maximum absolute atomic E-state index is 5.56. The summed E-state index contributed by atoms with van der Waals surface area (Å²) < 4.78 is 5.56. The molecule has 1 heteroatoms. The first-order chi connectivity index (χ1) is 7.04. The molecule has 0 N–H and O–H groups in total. The predicted octanol–water partition coefficient (Wildman–Crippen LogP) is 3.91. The third-order valence-electron chi connectivity index (χ3n) is 3.50. The maximum atomic E-state index is 5.56. The van der Waals surface area contributed by atoms with E-state index in [0.717, 1.165) is 6.42 Å². The van der Waals surface area contributed by atoms with E-state index in [9.17, 15) is 0 Å². The van der Waals surface area contributed by atoms with Crippen molar-refractivity contribution >= 4 is 0 Å². The largest absolute Gasteiger partial charge is 0.377 e. The summed E-state index contributed by atoms with van der Waals surface area (Å²) in [6.07, 6.45) is 1.42. The van der Waals surface area contributed by atoms with Gasteiger partial charge in [-0.3, -0.25) is 0 Å². The molecule has 0 heterocycles. The highest BCUT2D eigenvalue weighted by atomic mass is 16.5. The van der Waals surface area contributed by atoms with Crippen molar-refractivity contribution in [2.75, 3.05) is 7.11 Å². The molecule has 0 spiro atoms. The van der Waals surface area contributed by atoms with Crippen LogP contribution in [-0.2, 0) is 4.74 Å². The zero-order chi connectivity index (χ0) is 11.1. The van der Waals surface area contributed by atoms with Gasteiger partial charge in [-0.2, -0.15) is 0 Å². The number of methoxy groups -OCH3 is 1. The Balaban J connectivity index is 2.42. The first-order valence-corrected chi connectivity index (χ1v) is 5.65. The van der Waals surface area contributed by atoms with Crippen LogP contribution in [-0.4, -0.2) is 7.11 Å². The van der Waals surface area contributed by atoms with E-state index in [1.165, 1.54) is 11.1 Å².